The highest BCUT2D eigenvalue weighted by atomic mass is 35.5. The Kier molecular flexibility index (Phi) is 4.69. The van der Waals surface area contributed by atoms with Gasteiger partial charge in [0.05, 0.1) is 10.0 Å². The Morgan fingerprint density at radius 2 is 2.24 bits per heavy atom. The summed E-state index contributed by atoms with van der Waals surface area (Å²) in [4.78, 5) is 0. The standard InChI is InChI=1S/C13H18Cl2N2/c1-2-16-13(12-4-3-7-17-12)9-5-6-10(14)11(15)8-9/h5-6,8,12-13,16-17H,2-4,7H2,1H3/t12?,13-/m0/s1. The summed E-state index contributed by atoms with van der Waals surface area (Å²) in [5, 5.41) is 8.30. The van der Waals surface area contributed by atoms with Crippen LogP contribution >= 0.6 is 23.2 Å². The first-order valence-corrected chi connectivity index (χ1v) is 6.89. The molecule has 1 unspecified atom stereocenters. The van der Waals surface area contributed by atoms with E-state index < -0.39 is 0 Å². The fourth-order valence-electron chi connectivity index (χ4n) is 2.41. The van der Waals surface area contributed by atoms with Crippen LogP contribution < -0.4 is 10.6 Å². The van der Waals surface area contributed by atoms with Crippen molar-refractivity contribution in [3.8, 4) is 0 Å². The topological polar surface area (TPSA) is 24.1 Å². The van der Waals surface area contributed by atoms with Crippen molar-refractivity contribution in [3.63, 3.8) is 0 Å². The Morgan fingerprint density at radius 3 is 2.82 bits per heavy atom. The third kappa shape index (κ3) is 3.14. The predicted molar refractivity (Wildman–Crippen MR) is 73.9 cm³/mol. The SMILES string of the molecule is CCN[C@@H](c1ccc(Cl)c(Cl)c1)C1CCCN1. The molecule has 2 atom stereocenters. The predicted octanol–water partition coefficient (Wildman–Crippen LogP) is 3.40. The summed E-state index contributed by atoms with van der Waals surface area (Å²) in [6.07, 6.45) is 2.45. The maximum atomic E-state index is 6.08. The van der Waals surface area contributed by atoms with E-state index in [1.54, 1.807) is 0 Å². The van der Waals surface area contributed by atoms with E-state index in [1.165, 1.54) is 18.4 Å². The molecule has 1 aliphatic heterocycles. The monoisotopic (exact) mass is 272 g/mol. The summed E-state index contributed by atoms with van der Waals surface area (Å²) in [5.41, 5.74) is 1.21. The number of hydrogen-bond donors (Lipinski definition) is 2. The maximum absolute atomic E-state index is 6.08. The minimum Gasteiger partial charge on any atom is -0.312 e. The molecule has 94 valence electrons. The van der Waals surface area contributed by atoms with Crippen LogP contribution in [0.3, 0.4) is 0 Å². The summed E-state index contributed by atoms with van der Waals surface area (Å²) in [6, 6.07) is 6.71. The minimum absolute atomic E-state index is 0.317. The van der Waals surface area contributed by atoms with Crippen LogP contribution in [-0.4, -0.2) is 19.1 Å². The van der Waals surface area contributed by atoms with E-state index in [9.17, 15) is 0 Å². The molecule has 0 bridgehead atoms. The first-order chi connectivity index (χ1) is 8.22. The van der Waals surface area contributed by atoms with Gasteiger partial charge in [-0.2, -0.15) is 0 Å². The van der Waals surface area contributed by atoms with E-state index in [4.69, 9.17) is 23.2 Å². The molecule has 1 heterocycles. The van der Waals surface area contributed by atoms with Gasteiger partial charge in [-0.05, 0) is 43.6 Å². The van der Waals surface area contributed by atoms with Crippen LogP contribution in [0.2, 0.25) is 10.0 Å². The molecule has 0 aliphatic carbocycles. The van der Waals surface area contributed by atoms with Crippen molar-refractivity contribution in [2.75, 3.05) is 13.1 Å². The quantitative estimate of drug-likeness (QED) is 0.878. The summed E-state index contributed by atoms with van der Waals surface area (Å²) in [7, 11) is 0. The van der Waals surface area contributed by atoms with Crippen molar-refractivity contribution >= 4 is 23.2 Å². The van der Waals surface area contributed by atoms with Gasteiger partial charge in [-0.3, -0.25) is 0 Å². The highest BCUT2D eigenvalue weighted by Gasteiger charge is 2.25. The Bertz CT molecular complexity index is 376. The van der Waals surface area contributed by atoms with Crippen molar-refractivity contribution in [3.05, 3.63) is 33.8 Å². The second kappa shape index (κ2) is 6.05. The van der Waals surface area contributed by atoms with Crippen LogP contribution in [0.4, 0.5) is 0 Å². The van der Waals surface area contributed by atoms with Crippen molar-refractivity contribution in [2.24, 2.45) is 0 Å². The molecule has 17 heavy (non-hydrogen) atoms. The molecule has 0 saturated carbocycles. The molecule has 0 spiro atoms. The molecule has 2 nitrogen and oxygen atoms in total. The van der Waals surface area contributed by atoms with E-state index in [0.717, 1.165) is 13.1 Å². The van der Waals surface area contributed by atoms with Gasteiger partial charge in [-0.15, -0.1) is 0 Å². The van der Waals surface area contributed by atoms with E-state index in [-0.39, 0.29) is 0 Å². The highest BCUT2D eigenvalue weighted by Crippen LogP contribution is 2.29. The Morgan fingerprint density at radius 1 is 1.41 bits per heavy atom. The van der Waals surface area contributed by atoms with Crippen molar-refractivity contribution in [1.29, 1.82) is 0 Å². The molecule has 1 aromatic rings. The average Bonchev–Trinajstić information content (AvgIpc) is 2.83. The lowest BCUT2D eigenvalue weighted by Crippen LogP contribution is -2.37. The second-order valence-electron chi connectivity index (χ2n) is 4.41. The second-order valence-corrected chi connectivity index (χ2v) is 5.23. The fraction of sp³-hybridized carbons (Fsp3) is 0.538. The van der Waals surface area contributed by atoms with Gasteiger partial charge in [0.15, 0.2) is 0 Å². The number of halogens is 2. The molecule has 1 fully saturated rings. The molecular formula is C13H18Cl2N2. The first kappa shape index (κ1) is 13.2. The van der Waals surface area contributed by atoms with Gasteiger partial charge in [0.2, 0.25) is 0 Å². The van der Waals surface area contributed by atoms with E-state index in [0.29, 0.717) is 22.1 Å². The van der Waals surface area contributed by atoms with Crippen LogP contribution in [0, 0.1) is 0 Å². The zero-order chi connectivity index (χ0) is 12.3. The van der Waals surface area contributed by atoms with Gasteiger partial charge in [0.1, 0.15) is 0 Å². The minimum atomic E-state index is 0.317. The fourth-order valence-corrected chi connectivity index (χ4v) is 2.72. The lowest BCUT2D eigenvalue weighted by atomic mass is 9.98. The largest absolute Gasteiger partial charge is 0.312 e. The smallest absolute Gasteiger partial charge is 0.0595 e. The lowest BCUT2D eigenvalue weighted by molar-refractivity contribution is 0.421. The molecule has 4 heteroatoms. The van der Waals surface area contributed by atoms with E-state index >= 15 is 0 Å². The van der Waals surface area contributed by atoms with Gasteiger partial charge in [-0.1, -0.05) is 36.2 Å². The van der Waals surface area contributed by atoms with Crippen molar-refractivity contribution < 1.29 is 0 Å². The van der Waals surface area contributed by atoms with Crippen LogP contribution in [-0.2, 0) is 0 Å². The molecule has 1 saturated heterocycles. The van der Waals surface area contributed by atoms with Crippen LogP contribution in [0.1, 0.15) is 31.4 Å². The van der Waals surface area contributed by atoms with Crippen LogP contribution in [0.25, 0.3) is 0 Å². The van der Waals surface area contributed by atoms with Gasteiger partial charge >= 0.3 is 0 Å². The molecular weight excluding hydrogens is 255 g/mol. The summed E-state index contributed by atoms with van der Waals surface area (Å²) >= 11 is 12.0. The van der Waals surface area contributed by atoms with Gasteiger partial charge in [0, 0.05) is 12.1 Å². The molecule has 1 aromatic carbocycles. The number of rotatable bonds is 4. The molecule has 2 rings (SSSR count). The molecule has 0 amide bonds. The first-order valence-electron chi connectivity index (χ1n) is 6.14. The third-order valence-corrected chi connectivity index (χ3v) is 3.97. The van der Waals surface area contributed by atoms with Gasteiger partial charge < -0.3 is 10.6 Å². The van der Waals surface area contributed by atoms with Crippen LogP contribution in [0.5, 0.6) is 0 Å². The van der Waals surface area contributed by atoms with E-state index in [1.807, 2.05) is 12.1 Å². The molecule has 0 radical (unpaired) electrons. The summed E-state index contributed by atoms with van der Waals surface area (Å²) in [6.45, 7) is 4.18. The van der Waals surface area contributed by atoms with Crippen molar-refractivity contribution in [2.45, 2.75) is 31.8 Å². The zero-order valence-electron chi connectivity index (χ0n) is 9.97. The van der Waals surface area contributed by atoms with Gasteiger partial charge in [-0.25, -0.2) is 0 Å². The third-order valence-electron chi connectivity index (χ3n) is 3.23. The Labute approximate surface area is 113 Å². The highest BCUT2D eigenvalue weighted by molar-refractivity contribution is 6.42. The van der Waals surface area contributed by atoms with Crippen LogP contribution in [0.15, 0.2) is 18.2 Å². The zero-order valence-corrected chi connectivity index (χ0v) is 11.5. The number of nitrogens with one attached hydrogen (secondary N) is 2. The summed E-state index contributed by atoms with van der Waals surface area (Å²) in [5.74, 6) is 0. The average molecular weight is 273 g/mol. The van der Waals surface area contributed by atoms with Crippen molar-refractivity contribution in [1.82, 2.24) is 10.6 Å². The Hall–Kier alpha value is -0.280. The van der Waals surface area contributed by atoms with Gasteiger partial charge in [0.25, 0.3) is 0 Å². The number of hydrogen-bond acceptors (Lipinski definition) is 2. The molecule has 1 aliphatic rings. The molecule has 0 aromatic heterocycles. The normalized spacial score (nSPS) is 21.7. The van der Waals surface area contributed by atoms with E-state index in [2.05, 4.69) is 23.6 Å². The summed E-state index contributed by atoms with van der Waals surface area (Å²) < 4.78 is 0. The molecule has 2 N–H and O–H groups in total. The maximum Gasteiger partial charge on any atom is 0.0595 e. The Balaban J connectivity index is 2.21. The number of benzene rings is 1. The number of likely N-dealkylation sites (N-methyl/N-ethyl adjacent to an activating group) is 1. The lowest BCUT2D eigenvalue weighted by Gasteiger charge is -2.25.